The van der Waals surface area contributed by atoms with Crippen molar-refractivity contribution < 1.29 is 4.79 Å². The minimum atomic E-state index is 0.128. The van der Waals surface area contributed by atoms with Gasteiger partial charge in [0.05, 0.1) is 0 Å². The van der Waals surface area contributed by atoms with Gasteiger partial charge in [0.15, 0.2) is 0 Å². The van der Waals surface area contributed by atoms with Crippen LogP contribution in [0.25, 0.3) is 0 Å². The molecule has 0 radical (unpaired) electrons. The fourth-order valence-electron chi connectivity index (χ4n) is 2.04. The number of amides is 1. The molecule has 1 saturated heterocycles. The maximum Gasteiger partial charge on any atom is 0.224 e. The van der Waals surface area contributed by atoms with E-state index in [0.29, 0.717) is 19.0 Å². The Bertz CT molecular complexity index is 214. The molecule has 0 aromatic heterocycles. The minimum Gasteiger partial charge on any atom is -0.343 e. The zero-order chi connectivity index (χ0) is 12.0. The molecule has 0 saturated carbocycles. The highest BCUT2D eigenvalue weighted by atomic mass is 16.2. The van der Waals surface area contributed by atoms with Gasteiger partial charge in [0.2, 0.25) is 5.91 Å². The van der Waals surface area contributed by atoms with E-state index in [0.717, 1.165) is 32.4 Å². The van der Waals surface area contributed by atoms with Crippen LogP contribution in [0.2, 0.25) is 0 Å². The molecule has 2 unspecified atom stereocenters. The molecule has 1 aliphatic heterocycles. The molecular weight excluding hydrogens is 202 g/mol. The van der Waals surface area contributed by atoms with Crippen LogP contribution in [-0.2, 0) is 4.79 Å². The molecule has 0 bridgehead atoms. The molecule has 1 heterocycles. The van der Waals surface area contributed by atoms with Gasteiger partial charge in [-0.1, -0.05) is 6.92 Å². The van der Waals surface area contributed by atoms with Crippen LogP contribution in [-0.4, -0.2) is 42.5 Å². The summed E-state index contributed by atoms with van der Waals surface area (Å²) in [5.74, 6) is 0.253. The third kappa shape index (κ3) is 4.10. The summed E-state index contributed by atoms with van der Waals surface area (Å²) in [6.07, 6.45) is 3.91. The summed E-state index contributed by atoms with van der Waals surface area (Å²) in [4.78, 5) is 13.9. The molecule has 2 atom stereocenters. The predicted molar refractivity (Wildman–Crippen MR) is 66.2 cm³/mol. The second kappa shape index (κ2) is 6.86. The lowest BCUT2D eigenvalue weighted by molar-refractivity contribution is -0.130. The second-order valence-corrected chi connectivity index (χ2v) is 4.70. The molecule has 1 fully saturated rings. The zero-order valence-electron chi connectivity index (χ0n) is 10.5. The Labute approximate surface area is 98.6 Å². The topological polar surface area (TPSA) is 58.4 Å². The number of hydrogen-bond donors (Lipinski definition) is 2. The number of carbonyl (C=O) groups excluding carboxylic acids is 1. The third-order valence-electron chi connectivity index (χ3n) is 3.30. The first-order valence-corrected chi connectivity index (χ1v) is 6.41. The van der Waals surface area contributed by atoms with Gasteiger partial charge < -0.3 is 16.0 Å². The Balaban J connectivity index is 2.33. The van der Waals surface area contributed by atoms with E-state index in [1.165, 1.54) is 0 Å². The number of carbonyl (C=O) groups is 1. The number of nitrogens with zero attached hydrogens (tertiary/aromatic N) is 1. The number of nitrogens with one attached hydrogen (secondary N) is 1. The molecule has 3 N–H and O–H groups in total. The average molecular weight is 227 g/mol. The molecule has 16 heavy (non-hydrogen) atoms. The molecule has 0 aromatic carbocycles. The van der Waals surface area contributed by atoms with Crippen LogP contribution >= 0.6 is 0 Å². The van der Waals surface area contributed by atoms with Crippen molar-refractivity contribution in [2.75, 3.05) is 19.6 Å². The van der Waals surface area contributed by atoms with E-state index in [1.807, 2.05) is 4.90 Å². The van der Waals surface area contributed by atoms with Crippen molar-refractivity contribution in [1.29, 1.82) is 0 Å². The minimum absolute atomic E-state index is 0.128. The van der Waals surface area contributed by atoms with Crippen LogP contribution < -0.4 is 11.1 Å². The highest BCUT2D eigenvalue weighted by Gasteiger charge is 2.21. The van der Waals surface area contributed by atoms with E-state index in [1.54, 1.807) is 0 Å². The van der Waals surface area contributed by atoms with Crippen LogP contribution in [0.4, 0.5) is 0 Å². The van der Waals surface area contributed by atoms with E-state index >= 15 is 0 Å². The SMILES string of the molecule is CCC(C)NC(CN)CC(=O)N1CCCC1. The summed E-state index contributed by atoms with van der Waals surface area (Å²) in [7, 11) is 0. The van der Waals surface area contributed by atoms with Gasteiger partial charge in [0.1, 0.15) is 0 Å². The first-order valence-electron chi connectivity index (χ1n) is 6.41. The fourth-order valence-corrected chi connectivity index (χ4v) is 2.04. The smallest absolute Gasteiger partial charge is 0.224 e. The molecule has 1 amide bonds. The normalized spacial score (nSPS) is 19.8. The van der Waals surface area contributed by atoms with Crippen LogP contribution in [0, 0.1) is 0 Å². The van der Waals surface area contributed by atoms with Crippen molar-refractivity contribution in [2.24, 2.45) is 5.73 Å². The molecular formula is C12H25N3O. The maximum absolute atomic E-state index is 11.9. The predicted octanol–water partition coefficient (Wildman–Crippen LogP) is 0.714. The Kier molecular flexibility index (Phi) is 5.77. The first-order chi connectivity index (χ1) is 7.67. The molecule has 0 spiro atoms. The van der Waals surface area contributed by atoms with Gasteiger partial charge in [-0.25, -0.2) is 0 Å². The summed E-state index contributed by atoms with van der Waals surface area (Å²) in [5, 5.41) is 3.40. The van der Waals surface area contributed by atoms with Crippen molar-refractivity contribution in [2.45, 2.75) is 51.6 Å². The zero-order valence-corrected chi connectivity index (χ0v) is 10.5. The monoisotopic (exact) mass is 227 g/mol. The van der Waals surface area contributed by atoms with Crippen LogP contribution in [0.3, 0.4) is 0 Å². The maximum atomic E-state index is 11.9. The van der Waals surface area contributed by atoms with E-state index in [2.05, 4.69) is 19.2 Å². The summed E-state index contributed by atoms with van der Waals surface area (Å²) in [6, 6.07) is 0.558. The van der Waals surface area contributed by atoms with Gasteiger partial charge in [-0.15, -0.1) is 0 Å². The Morgan fingerprint density at radius 2 is 2.06 bits per heavy atom. The number of hydrogen-bond acceptors (Lipinski definition) is 3. The van der Waals surface area contributed by atoms with Gasteiger partial charge in [-0.3, -0.25) is 4.79 Å². The average Bonchev–Trinajstić information content (AvgIpc) is 2.81. The highest BCUT2D eigenvalue weighted by Crippen LogP contribution is 2.10. The van der Waals surface area contributed by atoms with Crippen molar-refractivity contribution >= 4 is 5.91 Å². The van der Waals surface area contributed by atoms with Crippen molar-refractivity contribution in [3.8, 4) is 0 Å². The molecule has 0 aliphatic carbocycles. The summed E-state index contributed by atoms with van der Waals surface area (Å²) in [5.41, 5.74) is 5.69. The fraction of sp³-hybridized carbons (Fsp3) is 0.917. The standard InChI is InChI=1S/C12H25N3O/c1-3-10(2)14-11(9-13)8-12(16)15-6-4-5-7-15/h10-11,14H,3-9,13H2,1-2H3. The molecule has 1 aliphatic rings. The van der Waals surface area contributed by atoms with Crippen molar-refractivity contribution in [3.63, 3.8) is 0 Å². The number of likely N-dealkylation sites (tertiary alicyclic amines) is 1. The van der Waals surface area contributed by atoms with Crippen LogP contribution in [0.1, 0.15) is 39.5 Å². The summed E-state index contributed by atoms with van der Waals surface area (Å²) >= 11 is 0. The van der Waals surface area contributed by atoms with Crippen molar-refractivity contribution in [3.05, 3.63) is 0 Å². The Hall–Kier alpha value is -0.610. The largest absolute Gasteiger partial charge is 0.343 e. The first kappa shape index (κ1) is 13.5. The van der Waals surface area contributed by atoms with Crippen LogP contribution in [0.15, 0.2) is 0 Å². The van der Waals surface area contributed by atoms with Gasteiger partial charge in [0, 0.05) is 38.1 Å². The van der Waals surface area contributed by atoms with E-state index in [4.69, 9.17) is 5.73 Å². The van der Waals surface area contributed by atoms with Gasteiger partial charge in [-0.2, -0.15) is 0 Å². The lowest BCUT2D eigenvalue weighted by Gasteiger charge is -2.23. The molecule has 4 heteroatoms. The quantitative estimate of drug-likeness (QED) is 0.703. The molecule has 0 aromatic rings. The second-order valence-electron chi connectivity index (χ2n) is 4.70. The molecule has 94 valence electrons. The lowest BCUT2D eigenvalue weighted by Crippen LogP contribution is -2.44. The van der Waals surface area contributed by atoms with Gasteiger partial charge >= 0.3 is 0 Å². The number of rotatable bonds is 6. The third-order valence-corrected chi connectivity index (χ3v) is 3.30. The summed E-state index contributed by atoms with van der Waals surface area (Å²) in [6.45, 7) is 6.65. The van der Waals surface area contributed by atoms with E-state index in [-0.39, 0.29) is 11.9 Å². The van der Waals surface area contributed by atoms with Gasteiger partial charge in [-0.05, 0) is 26.2 Å². The lowest BCUT2D eigenvalue weighted by atomic mass is 10.1. The molecule has 4 nitrogen and oxygen atoms in total. The Morgan fingerprint density at radius 3 is 2.56 bits per heavy atom. The number of nitrogens with two attached hydrogens (primary N) is 1. The van der Waals surface area contributed by atoms with E-state index < -0.39 is 0 Å². The van der Waals surface area contributed by atoms with Crippen molar-refractivity contribution in [1.82, 2.24) is 10.2 Å². The Morgan fingerprint density at radius 1 is 1.44 bits per heavy atom. The molecule has 1 rings (SSSR count). The van der Waals surface area contributed by atoms with E-state index in [9.17, 15) is 4.79 Å². The van der Waals surface area contributed by atoms with Gasteiger partial charge in [0.25, 0.3) is 0 Å². The van der Waals surface area contributed by atoms with Crippen LogP contribution in [0.5, 0.6) is 0 Å². The summed E-state index contributed by atoms with van der Waals surface area (Å²) < 4.78 is 0. The highest BCUT2D eigenvalue weighted by molar-refractivity contribution is 5.77.